The molecule has 122 valence electrons. The molecule has 2 N–H and O–H groups in total. The van der Waals surface area contributed by atoms with Gasteiger partial charge in [-0.05, 0) is 24.3 Å². The molecule has 1 heterocycles. The van der Waals surface area contributed by atoms with Gasteiger partial charge in [0.05, 0.1) is 33.0 Å². The van der Waals surface area contributed by atoms with Crippen LogP contribution in [0.1, 0.15) is 5.56 Å². The average molecular weight is 379 g/mol. The Kier molecular flexibility index (Phi) is 5.40. The fourth-order valence-electron chi connectivity index (χ4n) is 1.97. The molecule has 0 fully saturated rings. The maximum absolute atomic E-state index is 11.8. The Morgan fingerprint density at radius 1 is 1.21 bits per heavy atom. The van der Waals surface area contributed by atoms with Crippen LogP contribution in [0.2, 0.25) is 10.0 Å². The van der Waals surface area contributed by atoms with Gasteiger partial charge in [0.2, 0.25) is 0 Å². The van der Waals surface area contributed by atoms with Crippen LogP contribution in [0.5, 0.6) is 0 Å². The van der Waals surface area contributed by atoms with E-state index in [0.717, 1.165) is 11.0 Å². The smallest absolute Gasteiger partial charge is 0.250 e. The number of hydrogen-bond acceptors (Lipinski definition) is 4. The van der Waals surface area contributed by atoms with Crippen molar-refractivity contribution in [3.63, 3.8) is 0 Å². The van der Waals surface area contributed by atoms with Crippen LogP contribution in [-0.4, -0.2) is 27.8 Å². The average Bonchev–Trinajstić information content (AvgIpc) is 2.98. The summed E-state index contributed by atoms with van der Waals surface area (Å²) >= 11 is 13.3. The first-order valence-electron chi connectivity index (χ1n) is 6.97. The highest BCUT2D eigenvalue weighted by molar-refractivity contribution is 7.99. The molecule has 8 heteroatoms. The van der Waals surface area contributed by atoms with E-state index in [0.29, 0.717) is 20.8 Å². The first kappa shape index (κ1) is 16.8. The highest BCUT2D eigenvalue weighted by Gasteiger charge is 2.07. The third-order valence-electron chi connectivity index (χ3n) is 3.09. The largest absolute Gasteiger partial charge is 0.333 e. The number of hydrogen-bond donors (Lipinski definition) is 2. The van der Waals surface area contributed by atoms with Crippen LogP contribution in [0.3, 0.4) is 0 Å². The van der Waals surface area contributed by atoms with E-state index < -0.39 is 0 Å². The Morgan fingerprint density at radius 3 is 2.71 bits per heavy atom. The summed E-state index contributed by atoms with van der Waals surface area (Å²) in [6.45, 7) is 0. The number of carbonyl (C=O) groups is 1. The molecule has 0 saturated carbocycles. The Morgan fingerprint density at radius 2 is 1.96 bits per heavy atom. The third-order valence-corrected chi connectivity index (χ3v) is 4.62. The number of thioether (sulfide) groups is 1. The number of H-pyrrole nitrogens is 1. The van der Waals surface area contributed by atoms with Gasteiger partial charge in [0.25, 0.3) is 5.91 Å². The minimum absolute atomic E-state index is 0.188. The van der Waals surface area contributed by atoms with Crippen molar-refractivity contribution in [2.24, 2.45) is 5.10 Å². The fraction of sp³-hybridized carbons (Fsp3) is 0.0625. The molecule has 3 rings (SSSR count). The summed E-state index contributed by atoms with van der Waals surface area (Å²) < 4.78 is 0. The number of halogens is 2. The van der Waals surface area contributed by atoms with E-state index >= 15 is 0 Å². The molecule has 2 aromatic carbocycles. The number of hydrazone groups is 1. The molecule has 0 aliphatic heterocycles. The van der Waals surface area contributed by atoms with Crippen LogP contribution in [0.15, 0.2) is 52.7 Å². The molecule has 0 spiro atoms. The van der Waals surface area contributed by atoms with E-state index in [1.165, 1.54) is 18.0 Å². The number of fused-ring (bicyclic) bond motifs is 1. The lowest BCUT2D eigenvalue weighted by Crippen LogP contribution is -2.19. The van der Waals surface area contributed by atoms with Gasteiger partial charge in [0, 0.05) is 5.56 Å². The van der Waals surface area contributed by atoms with E-state index in [4.69, 9.17) is 23.2 Å². The van der Waals surface area contributed by atoms with Gasteiger partial charge in [0.1, 0.15) is 0 Å². The summed E-state index contributed by atoms with van der Waals surface area (Å²) in [5, 5.41) is 5.50. The summed E-state index contributed by atoms with van der Waals surface area (Å²) in [6, 6.07) is 12.8. The molecule has 1 amide bonds. The molecule has 0 bridgehead atoms. The Balaban J connectivity index is 1.55. The molecule has 0 unspecified atom stereocenters. The maximum atomic E-state index is 11.8. The molecule has 0 aliphatic rings. The monoisotopic (exact) mass is 378 g/mol. The van der Waals surface area contributed by atoms with Crippen LogP contribution >= 0.6 is 35.0 Å². The van der Waals surface area contributed by atoms with Crippen LogP contribution < -0.4 is 5.43 Å². The number of imidazole rings is 1. The molecule has 0 saturated heterocycles. The fourth-order valence-corrected chi connectivity index (χ4v) is 3.14. The van der Waals surface area contributed by atoms with E-state index in [9.17, 15) is 4.79 Å². The zero-order valence-electron chi connectivity index (χ0n) is 12.3. The van der Waals surface area contributed by atoms with E-state index in [2.05, 4.69) is 20.5 Å². The molecule has 0 aliphatic carbocycles. The lowest BCUT2D eigenvalue weighted by Gasteiger charge is -2.01. The number of benzene rings is 2. The number of carbonyl (C=O) groups excluding carboxylic acids is 1. The van der Waals surface area contributed by atoms with Gasteiger partial charge < -0.3 is 4.98 Å². The van der Waals surface area contributed by atoms with Crippen LogP contribution in [0.25, 0.3) is 11.0 Å². The molecule has 24 heavy (non-hydrogen) atoms. The summed E-state index contributed by atoms with van der Waals surface area (Å²) in [7, 11) is 0. The minimum atomic E-state index is -0.250. The number of nitrogens with zero attached hydrogens (tertiary/aromatic N) is 2. The van der Waals surface area contributed by atoms with Gasteiger partial charge in [-0.2, -0.15) is 5.10 Å². The van der Waals surface area contributed by atoms with Gasteiger partial charge in [-0.1, -0.05) is 53.2 Å². The summed E-state index contributed by atoms with van der Waals surface area (Å²) in [5.74, 6) is -0.0622. The van der Waals surface area contributed by atoms with E-state index in [-0.39, 0.29) is 11.7 Å². The molecule has 3 aromatic rings. The Hall–Kier alpha value is -2.02. The highest BCUT2D eigenvalue weighted by atomic mass is 35.5. The highest BCUT2D eigenvalue weighted by Crippen LogP contribution is 2.22. The topological polar surface area (TPSA) is 70.1 Å². The predicted octanol–water partition coefficient (Wildman–Crippen LogP) is 4.11. The second kappa shape index (κ2) is 7.70. The SMILES string of the molecule is O=C(CSc1nc2ccccc2[nH]1)NN=Cc1c(Cl)cccc1Cl. The van der Waals surface area contributed by atoms with Crippen LogP contribution in [-0.2, 0) is 4.79 Å². The molecule has 0 atom stereocenters. The Bertz CT molecular complexity index is 857. The summed E-state index contributed by atoms with van der Waals surface area (Å²) in [5.41, 5.74) is 4.81. The standard InChI is InChI=1S/C16H12Cl2N4OS/c17-11-4-3-5-12(18)10(11)8-19-22-15(23)9-24-16-20-13-6-1-2-7-14(13)21-16/h1-8H,9H2,(H,20,21)(H,22,23). The summed E-state index contributed by atoms with van der Waals surface area (Å²) in [6.07, 6.45) is 1.43. The zero-order chi connectivity index (χ0) is 16.9. The van der Waals surface area contributed by atoms with Gasteiger partial charge in [-0.3, -0.25) is 4.79 Å². The predicted molar refractivity (Wildman–Crippen MR) is 99.0 cm³/mol. The first-order chi connectivity index (χ1) is 11.6. The van der Waals surface area contributed by atoms with Gasteiger partial charge >= 0.3 is 0 Å². The van der Waals surface area contributed by atoms with E-state index in [1.54, 1.807) is 18.2 Å². The van der Waals surface area contributed by atoms with E-state index in [1.807, 2.05) is 24.3 Å². The molecule has 1 aromatic heterocycles. The first-order valence-corrected chi connectivity index (χ1v) is 8.71. The quantitative estimate of drug-likeness (QED) is 0.398. The molecular weight excluding hydrogens is 367 g/mol. The number of aromatic nitrogens is 2. The van der Waals surface area contributed by atoms with Gasteiger partial charge in [-0.15, -0.1) is 0 Å². The van der Waals surface area contributed by atoms with Crippen molar-refractivity contribution in [3.05, 3.63) is 58.1 Å². The summed E-state index contributed by atoms with van der Waals surface area (Å²) in [4.78, 5) is 19.4. The second-order valence-corrected chi connectivity index (χ2v) is 6.55. The number of nitrogens with one attached hydrogen (secondary N) is 2. The van der Waals surface area contributed by atoms with Crippen molar-refractivity contribution in [2.75, 3.05) is 5.75 Å². The number of rotatable bonds is 5. The number of aromatic amines is 1. The van der Waals surface area contributed by atoms with Crippen molar-refractivity contribution in [2.45, 2.75) is 5.16 Å². The lowest BCUT2D eigenvalue weighted by molar-refractivity contribution is -0.118. The van der Waals surface area contributed by atoms with Crippen LogP contribution in [0, 0.1) is 0 Å². The zero-order valence-corrected chi connectivity index (χ0v) is 14.6. The van der Waals surface area contributed by atoms with Gasteiger partial charge in [0.15, 0.2) is 5.16 Å². The van der Waals surface area contributed by atoms with Crippen molar-refractivity contribution in [1.29, 1.82) is 0 Å². The number of para-hydroxylation sites is 2. The number of amides is 1. The lowest BCUT2D eigenvalue weighted by atomic mass is 10.2. The maximum Gasteiger partial charge on any atom is 0.250 e. The van der Waals surface area contributed by atoms with Crippen molar-refractivity contribution in [1.82, 2.24) is 15.4 Å². The second-order valence-electron chi connectivity index (χ2n) is 4.78. The normalized spacial score (nSPS) is 11.2. The van der Waals surface area contributed by atoms with Gasteiger partial charge in [-0.25, -0.2) is 10.4 Å². The Labute approximate surface area is 152 Å². The molecular formula is C16H12Cl2N4OS. The van der Waals surface area contributed by atoms with Crippen molar-refractivity contribution in [3.8, 4) is 0 Å². The van der Waals surface area contributed by atoms with Crippen LogP contribution in [0.4, 0.5) is 0 Å². The van der Waals surface area contributed by atoms with Crippen molar-refractivity contribution >= 4 is 58.1 Å². The molecule has 5 nitrogen and oxygen atoms in total. The third kappa shape index (κ3) is 4.08. The minimum Gasteiger partial charge on any atom is -0.333 e. The molecule has 0 radical (unpaired) electrons. The van der Waals surface area contributed by atoms with Crippen molar-refractivity contribution < 1.29 is 4.79 Å².